The van der Waals surface area contributed by atoms with E-state index in [4.69, 9.17) is 4.74 Å². The molecule has 1 fully saturated rings. The van der Waals surface area contributed by atoms with Crippen molar-refractivity contribution in [3.63, 3.8) is 0 Å². The first-order valence-electron chi connectivity index (χ1n) is 10.7. The molecule has 0 bridgehead atoms. The van der Waals surface area contributed by atoms with Crippen molar-refractivity contribution in [3.8, 4) is 5.75 Å². The van der Waals surface area contributed by atoms with E-state index in [0.717, 1.165) is 49.0 Å². The normalized spacial score (nSPS) is 14.7. The van der Waals surface area contributed by atoms with Gasteiger partial charge in [0.25, 0.3) is 0 Å². The fourth-order valence-corrected chi connectivity index (χ4v) is 4.40. The van der Waals surface area contributed by atoms with Gasteiger partial charge in [-0.05, 0) is 43.4 Å². The molecule has 9 heteroatoms. The number of nitrogens with one attached hydrogen (secondary N) is 2. The Labute approximate surface area is 195 Å². The van der Waals surface area contributed by atoms with E-state index >= 15 is 0 Å². The SMILES string of the molecule is COc1cc(N2CCN(C)CC2)ccc1Nc1cc(Nc2cccc(S(C)(=O)=O)c2)ccn1. The van der Waals surface area contributed by atoms with E-state index in [2.05, 4.69) is 38.5 Å². The van der Waals surface area contributed by atoms with Crippen LogP contribution in [0, 0.1) is 0 Å². The van der Waals surface area contributed by atoms with Crippen LogP contribution in [0.25, 0.3) is 0 Å². The summed E-state index contributed by atoms with van der Waals surface area (Å²) in [6, 6.07) is 16.6. The molecular weight excluding hydrogens is 438 g/mol. The molecule has 0 unspecified atom stereocenters. The Morgan fingerprint density at radius 3 is 2.42 bits per heavy atom. The molecule has 4 rings (SSSR count). The lowest BCUT2D eigenvalue weighted by Gasteiger charge is -2.34. The Balaban J connectivity index is 1.50. The Morgan fingerprint density at radius 1 is 0.939 bits per heavy atom. The first-order chi connectivity index (χ1) is 15.8. The summed E-state index contributed by atoms with van der Waals surface area (Å²) in [6.45, 7) is 4.06. The number of rotatable bonds is 7. The molecule has 1 aliphatic rings. The number of ether oxygens (including phenoxy) is 1. The number of methoxy groups -OCH3 is 1. The van der Waals surface area contributed by atoms with Crippen LogP contribution in [0.2, 0.25) is 0 Å². The highest BCUT2D eigenvalue weighted by Gasteiger charge is 2.16. The van der Waals surface area contributed by atoms with E-state index in [1.54, 1.807) is 31.5 Å². The van der Waals surface area contributed by atoms with Crippen LogP contribution in [0.3, 0.4) is 0 Å². The van der Waals surface area contributed by atoms with E-state index < -0.39 is 9.84 Å². The Hall–Kier alpha value is -3.30. The van der Waals surface area contributed by atoms with Crippen LogP contribution in [-0.4, -0.2) is 64.9 Å². The van der Waals surface area contributed by atoms with Crippen molar-refractivity contribution < 1.29 is 13.2 Å². The third-order valence-electron chi connectivity index (χ3n) is 5.63. The molecule has 1 saturated heterocycles. The lowest BCUT2D eigenvalue weighted by Crippen LogP contribution is -2.44. The largest absolute Gasteiger partial charge is 0.494 e. The molecule has 0 amide bonds. The second kappa shape index (κ2) is 9.68. The number of nitrogens with zero attached hydrogens (tertiary/aromatic N) is 3. The summed E-state index contributed by atoms with van der Waals surface area (Å²) in [5.74, 6) is 1.39. The average Bonchev–Trinajstić information content (AvgIpc) is 2.80. The number of benzene rings is 2. The maximum Gasteiger partial charge on any atom is 0.175 e. The van der Waals surface area contributed by atoms with Gasteiger partial charge in [-0.2, -0.15) is 0 Å². The van der Waals surface area contributed by atoms with Gasteiger partial charge >= 0.3 is 0 Å². The molecule has 3 aromatic rings. The van der Waals surface area contributed by atoms with Crippen LogP contribution in [0.5, 0.6) is 5.75 Å². The van der Waals surface area contributed by atoms with Crippen LogP contribution in [0.1, 0.15) is 0 Å². The number of pyridine rings is 1. The number of hydrogen-bond donors (Lipinski definition) is 2. The number of hydrogen-bond acceptors (Lipinski definition) is 8. The van der Waals surface area contributed by atoms with Crippen molar-refractivity contribution in [1.82, 2.24) is 9.88 Å². The molecule has 2 heterocycles. The van der Waals surface area contributed by atoms with E-state index in [9.17, 15) is 8.42 Å². The quantitative estimate of drug-likeness (QED) is 0.544. The van der Waals surface area contributed by atoms with Gasteiger partial charge in [-0.25, -0.2) is 13.4 Å². The van der Waals surface area contributed by atoms with Crippen LogP contribution >= 0.6 is 0 Å². The molecule has 174 valence electrons. The van der Waals surface area contributed by atoms with E-state index in [-0.39, 0.29) is 4.90 Å². The molecule has 33 heavy (non-hydrogen) atoms. The fraction of sp³-hybridized carbons (Fsp3) is 0.292. The van der Waals surface area contributed by atoms with Gasteiger partial charge in [0.2, 0.25) is 0 Å². The number of anilines is 5. The minimum atomic E-state index is -3.27. The minimum absolute atomic E-state index is 0.269. The van der Waals surface area contributed by atoms with Crippen molar-refractivity contribution in [1.29, 1.82) is 0 Å². The summed E-state index contributed by atoms with van der Waals surface area (Å²) in [5.41, 5.74) is 3.43. The van der Waals surface area contributed by atoms with Gasteiger partial charge in [-0.3, -0.25) is 0 Å². The Bertz CT molecular complexity index is 1220. The lowest BCUT2D eigenvalue weighted by molar-refractivity contribution is 0.312. The van der Waals surface area contributed by atoms with Gasteiger partial charge < -0.3 is 25.2 Å². The van der Waals surface area contributed by atoms with Crippen LogP contribution in [0.15, 0.2) is 65.7 Å². The van der Waals surface area contributed by atoms with Gasteiger partial charge in [0.15, 0.2) is 9.84 Å². The first-order valence-corrected chi connectivity index (χ1v) is 12.6. The molecule has 0 aliphatic carbocycles. The second-order valence-corrected chi connectivity index (χ2v) is 10.2. The third kappa shape index (κ3) is 5.74. The van der Waals surface area contributed by atoms with Crippen LogP contribution < -0.4 is 20.3 Å². The molecule has 0 radical (unpaired) electrons. The second-order valence-electron chi connectivity index (χ2n) is 8.15. The third-order valence-corrected chi connectivity index (χ3v) is 6.74. The van der Waals surface area contributed by atoms with E-state index in [0.29, 0.717) is 11.5 Å². The number of sulfone groups is 1. The summed E-state index contributed by atoms with van der Waals surface area (Å²) in [7, 11) is 0.530. The van der Waals surface area contributed by atoms with E-state index in [1.807, 2.05) is 30.3 Å². The molecule has 2 aromatic carbocycles. The van der Waals surface area contributed by atoms with Crippen molar-refractivity contribution in [2.24, 2.45) is 0 Å². The standard InChI is InChI=1S/C24H29N5O3S/c1-28-11-13-29(14-12-28)20-7-8-22(23(17-20)32-2)27-24-16-19(9-10-25-24)26-18-5-4-6-21(15-18)33(3,30)31/h4-10,15-17H,11-14H2,1-3H3,(H2,25,26,27). The Morgan fingerprint density at radius 2 is 1.70 bits per heavy atom. The molecular formula is C24H29N5O3S. The van der Waals surface area contributed by atoms with Gasteiger partial charge in [0.1, 0.15) is 11.6 Å². The van der Waals surface area contributed by atoms with Crippen LogP contribution in [-0.2, 0) is 9.84 Å². The zero-order chi connectivity index (χ0) is 23.4. The summed E-state index contributed by atoms with van der Waals surface area (Å²) >= 11 is 0. The molecule has 1 aromatic heterocycles. The smallest absolute Gasteiger partial charge is 0.175 e. The number of aromatic nitrogens is 1. The first kappa shape index (κ1) is 22.9. The zero-order valence-corrected chi connectivity index (χ0v) is 19.9. The van der Waals surface area contributed by atoms with Crippen molar-refractivity contribution in [2.75, 3.05) is 62.1 Å². The topological polar surface area (TPSA) is 86.8 Å². The highest BCUT2D eigenvalue weighted by molar-refractivity contribution is 7.90. The van der Waals surface area contributed by atoms with Gasteiger partial charge in [-0.15, -0.1) is 0 Å². The minimum Gasteiger partial charge on any atom is -0.494 e. The van der Waals surface area contributed by atoms with Gasteiger partial charge in [-0.1, -0.05) is 6.07 Å². The maximum atomic E-state index is 11.8. The summed E-state index contributed by atoms with van der Waals surface area (Å²) < 4.78 is 29.3. The lowest BCUT2D eigenvalue weighted by atomic mass is 10.2. The van der Waals surface area contributed by atoms with Gasteiger partial charge in [0, 0.05) is 67.8 Å². The summed E-state index contributed by atoms with van der Waals surface area (Å²) in [6.07, 6.45) is 2.89. The average molecular weight is 468 g/mol. The van der Waals surface area contributed by atoms with E-state index in [1.165, 1.54) is 6.26 Å². The molecule has 8 nitrogen and oxygen atoms in total. The Kier molecular flexibility index (Phi) is 6.71. The molecule has 0 saturated carbocycles. The van der Waals surface area contributed by atoms with Gasteiger partial charge in [0.05, 0.1) is 17.7 Å². The summed E-state index contributed by atoms with van der Waals surface area (Å²) in [5, 5.41) is 6.56. The maximum absolute atomic E-state index is 11.8. The van der Waals surface area contributed by atoms with Crippen molar-refractivity contribution in [2.45, 2.75) is 4.90 Å². The molecule has 0 spiro atoms. The predicted molar refractivity (Wildman–Crippen MR) is 133 cm³/mol. The highest BCUT2D eigenvalue weighted by atomic mass is 32.2. The number of piperazine rings is 1. The predicted octanol–water partition coefficient (Wildman–Crippen LogP) is 3.73. The highest BCUT2D eigenvalue weighted by Crippen LogP contribution is 2.32. The van der Waals surface area contributed by atoms with Crippen molar-refractivity contribution in [3.05, 3.63) is 60.8 Å². The number of likely N-dealkylation sites (N-methyl/N-ethyl adjacent to an activating group) is 1. The molecule has 0 atom stereocenters. The van der Waals surface area contributed by atoms with Crippen LogP contribution in [0.4, 0.5) is 28.6 Å². The molecule has 2 N–H and O–H groups in total. The zero-order valence-electron chi connectivity index (χ0n) is 19.1. The fourth-order valence-electron chi connectivity index (χ4n) is 3.73. The summed E-state index contributed by atoms with van der Waals surface area (Å²) in [4.78, 5) is 9.37. The molecule has 1 aliphatic heterocycles. The van der Waals surface area contributed by atoms with Crippen molar-refractivity contribution >= 4 is 38.4 Å². The monoisotopic (exact) mass is 467 g/mol.